The second kappa shape index (κ2) is 9.09. The Bertz CT molecular complexity index is 143. The van der Waals surface area contributed by atoms with Gasteiger partial charge in [0, 0.05) is 19.6 Å². The predicted molar refractivity (Wildman–Crippen MR) is 63.1 cm³/mol. The minimum atomic E-state index is -0.403. The Balaban J connectivity index is 3.27. The highest BCUT2D eigenvalue weighted by molar-refractivity contribution is 4.60. The van der Waals surface area contributed by atoms with Crippen molar-refractivity contribution in [3.63, 3.8) is 0 Å². The number of nitrogens with zero attached hydrogens (tertiary/aromatic N) is 1. The van der Waals surface area contributed by atoms with E-state index >= 15 is 0 Å². The fraction of sp³-hybridized carbons (Fsp3) is 1.00. The van der Waals surface area contributed by atoms with Gasteiger partial charge in [-0.1, -0.05) is 6.92 Å². The third-order valence-electron chi connectivity index (χ3n) is 2.21. The van der Waals surface area contributed by atoms with Gasteiger partial charge in [0.1, 0.15) is 0 Å². The van der Waals surface area contributed by atoms with E-state index < -0.39 is 6.10 Å². The van der Waals surface area contributed by atoms with Gasteiger partial charge in [-0.2, -0.15) is 0 Å². The number of ether oxygens (including phenoxy) is 1. The number of aliphatic hydroxyl groups excluding tert-OH is 1. The normalized spacial score (nSPS) is 13.8. The highest BCUT2D eigenvalue weighted by Gasteiger charge is 2.04. The van der Waals surface area contributed by atoms with Crippen LogP contribution >= 0.6 is 0 Å². The molecular weight excluding hydrogens is 192 g/mol. The molecule has 0 aromatic heterocycles. The Morgan fingerprint density at radius 3 is 2.60 bits per heavy atom. The molecule has 0 amide bonds. The van der Waals surface area contributed by atoms with E-state index in [4.69, 9.17) is 4.74 Å². The summed E-state index contributed by atoms with van der Waals surface area (Å²) in [7, 11) is 2.08. The first kappa shape index (κ1) is 14.8. The summed E-state index contributed by atoms with van der Waals surface area (Å²) >= 11 is 0. The first-order valence-electron chi connectivity index (χ1n) is 5.75. The molecule has 0 aromatic carbocycles. The fourth-order valence-electron chi connectivity index (χ4n) is 1.06. The van der Waals surface area contributed by atoms with Crippen LogP contribution in [-0.4, -0.2) is 62.0 Å². The van der Waals surface area contributed by atoms with Crippen molar-refractivity contribution in [1.82, 2.24) is 10.2 Å². The summed E-state index contributed by atoms with van der Waals surface area (Å²) in [6.45, 7) is 10.1. The van der Waals surface area contributed by atoms with Crippen molar-refractivity contribution in [1.29, 1.82) is 0 Å². The topological polar surface area (TPSA) is 44.7 Å². The molecule has 1 atom stereocenters. The van der Waals surface area contributed by atoms with Crippen LogP contribution in [0.15, 0.2) is 0 Å². The fourth-order valence-corrected chi connectivity index (χ4v) is 1.06. The van der Waals surface area contributed by atoms with Crippen LogP contribution in [0.4, 0.5) is 0 Å². The molecule has 92 valence electrons. The van der Waals surface area contributed by atoms with Crippen LogP contribution in [0.2, 0.25) is 0 Å². The van der Waals surface area contributed by atoms with E-state index in [-0.39, 0.29) is 6.10 Å². The van der Waals surface area contributed by atoms with Gasteiger partial charge in [-0.05, 0) is 27.4 Å². The van der Waals surface area contributed by atoms with E-state index in [9.17, 15) is 5.11 Å². The Morgan fingerprint density at radius 1 is 1.40 bits per heavy atom. The molecule has 0 radical (unpaired) electrons. The lowest BCUT2D eigenvalue weighted by molar-refractivity contribution is 0.00636. The van der Waals surface area contributed by atoms with E-state index in [1.165, 1.54) is 0 Å². The molecule has 0 heterocycles. The average Bonchev–Trinajstić information content (AvgIpc) is 2.21. The molecule has 0 rings (SSSR count). The van der Waals surface area contributed by atoms with Gasteiger partial charge >= 0.3 is 0 Å². The summed E-state index contributed by atoms with van der Waals surface area (Å²) in [5, 5.41) is 12.7. The summed E-state index contributed by atoms with van der Waals surface area (Å²) in [4.78, 5) is 2.23. The third-order valence-corrected chi connectivity index (χ3v) is 2.21. The lowest BCUT2D eigenvalue weighted by Crippen LogP contribution is -2.35. The summed E-state index contributed by atoms with van der Waals surface area (Å²) in [6, 6.07) is 0. The highest BCUT2D eigenvalue weighted by atomic mass is 16.5. The van der Waals surface area contributed by atoms with Crippen molar-refractivity contribution in [2.45, 2.75) is 33.0 Å². The van der Waals surface area contributed by atoms with Crippen molar-refractivity contribution in [3.8, 4) is 0 Å². The van der Waals surface area contributed by atoms with Crippen LogP contribution < -0.4 is 5.32 Å². The maximum Gasteiger partial charge on any atom is 0.0897 e. The van der Waals surface area contributed by atoms with Gasteiger partial charge in [-0.3, -0.25) is 0 Å². The van der Waals surface area contributed by atoms with Crippen LogP contribution in [0.1, 0.15) is 20.8 Å². The Hall–Kier alpha value is -0.160. The maximum atomic E-state index is 9.52. The second-order valence-corrected chi connectivity index (χ2v) is 4.14. The van der Waals surface area contributed by atoms with E-state index in [0.29, 0.717) is 13.2 Å². The van der Waals surface area contributed by atoms with Gasteiger partial charge in [0.2, 0.25) is 0 Å². The molecule has 0 spiro atoms. The predicted octanol–water partition coefficient (Wildman–Crippen LogP) is 0.314. The van der Waals surface area contributed by atoms with Crippen LogP contribution in [0, 0.1) is 0 Å². The number of nitrogens with one attached hydrogen (secondary N) is 1. The third kappa shape index (κ3) is 10.1. The van der Waals surface area contributed by atoms with Crippen LogP contribution in [0.3, 0.4) is 0 Å². The quantitative estimate of drug-likeness (QED) is 0.547. The van der Waals surface area contributed by atoms with Gasteiger partial charge in [0.15, 0.2) is 0 Å². The lowest BCUT2D eigenvalue weighted by Gasteiger charge is -2.16. The van der Waals surface area contributed by atoms with Gasteiger partial charge in [0.05, 0.1) is 18.8 Å². The molecule has 0 saturated heterocycles. The van der Waals surface area contributed by atoms with Crippen molar-refractivity contribution >= 4 is 0 Å². The van der Waals surface area contributed by atoms with Crippen LogP contribution in [0.25, 0.3) is 0 Å². The number of likely N-dealkylation sites (N-methyl/N-ethyl adjacent to an activating group) is 1. The van der Waals surface area contributed by atoms with E-state index in [1.807, 2.05) is 13.8 Å². The summed E-state index contributed by atoms with van der Waals surface area (Å²) in [5.41, 5.74) is 0. The van der Waals surface area contributed by atoms with Gasteiger partial charge in [-0.15, -0.1) is 0 Å². The lowest BCUT2D eigenvalue weighted by atomic mass is 10.3. The summed E-state index contributed by atoms with van der Waals surface area (Å²) in [6.07, 6.45) is -0.217. The molecule has 15 heavy (non-hydrogen) atoms. The Labute approximate surface area is 93.6 Å². The molecule has 4 nitrogen and oxygen atoms in total. The molecule has 2 N–H and O–H groups in total. The molecule has 1 unspecified atom stereocenters. The molecule has 0 aromatic rings. The molecular formula is C11H26N2O2. The maximum absolute atomic E-state index is 9.52. The average molecular weight is 218 g/mol. The molecule has 0 aliphatic heterocycles. The largest absolute Gasteiger partial charge is 0.389 e. The number of hydrogen-bond donors (Lipinski definition) is 2. The Morgan fingerprint density at radius 2 is 2.07 bits per heavy atom. The van der Waals surface area contributed by atoms with Crippen LogP contribution in [-0.2, 0) is 4.74 Å². The Kier molecular flexibility index (Phi) is 9.00. The van der Waals surface area contributed by atoms with Crippen LogP contribution in [0.5, 0.6) is 0 Å². The standard InChI is InChI=1S/C11H26N2O2/c1-5-13(4)7-6-12-8-11(14)9-15-10(2)3/h10-12,14H,5-9H2,1-4H3. The van der Waals surface area contributed by atoms with Crippen molar-refractivity contribution in [2.24, 2.45) is 0 Å². The first-order chi connectivity index (χ1) is 7.06. The molecule has 4 heteroatoms. The molecule has 0 aliphatic rings. The number of rotatable bonds is 9. The van der Waals surface area contributed by atoms with E-state index in [2.05, 4.69) is 24.2 Å². The smallest absolute Gasteiger partial charge is 0.0897 e. The molecule has 0 saturated carbocycles. The number of hydrogen-bond acceptors (Lipinski definition) is 4. The zero-order chi connectivity index (χ0) is 11.7. The minimum Gasteiger partial charge on any atom is -0.389 e. The molecule has 0 bridgehead atoms. The van der Waals surface area contributed by atoms with Gasteiger partial charge in [0.25, 0.3) is 0 Å². The van der Waals surface area contributed by atoms with Crippen molar-refractivity contribution in [2.75, 3.05) is 39.8 Å². The molecule has 0 fully saturated rings. The second-order valence-electron chi connectivity index (χ2n) is 4.14. The zero-order valence-corrected chi connectivity index (χ0v) is 10.5. The van der Waals surface area contributed by atoms with Crippen molar-refractivity contribution < 1.29 is 9.84 Å². The van der Waals surface area contributed by atoms with Crippen molar-refractivity contribution in [3.05, 3.63) is 0 Å². The highest BCUT2D eigenvalue weighted by Crippen LogP contribution is 1.90. The minimum absolute atomic E-state index is 0.186. The molecule has 0 aliphatic carbocycles. The monoisotopic (exact) mass is 218 g/mol. The summed E-state index contributed by atoms with van der Waals surface area (Å²) < 4.78 is 5.30. The van der Waals surface area contributed by atoms with E-state index in [1.54, 1.807) is 0 Å². The van der Waals surface area contributed by atoms with Gasteiger partial charge < -0.3 is 20.1 Å². The number of aliphatic hydroxyl groups is 1. The van der Waals surface area contributed by atoms with Gasteiger partial charge in [-0.25, -0.2) is 0 Å². The first-order valence-corrected chi connectivity index (χ1v) is 5.75. The summed E-state index contributed by atoms with van der Waals surface area (Å²) in [5.74, 6) is 0. The zero-order valence-electron chi connectivity index (χ0n) is 10.5. The SMILES string of the molecule is CCN(C)CCNCC(O)COC(C)C. The van der Waals surface area contributed by atoms with E-state index in [0.717, 1.165) is 19.6 Å².